The molecule has 9 heteroatoms. The number of rotatable bonds is 11. The molecule has 2 aromatic carbocycles. The molecular weight excluding hydrogens is 462 g/mol. The highest BCUT2D eigenvalue weighted by atomic mass is 32.2. The van der Waals surface area contributed by atoms with Gasteiger partial charge in [0.15, 0.2) is 11.0 Å². The molecule has 0 aliphatic rings. The molecule has 35 heavy (non-hydrogen) atoms. The van der Waals surface area contributed by atoms with Crippen LogP contribution in [0.4, 0.5) is 5.69 Å². The lowest BCUT2D eigenvalue weighted by Crippen LogP contribution is -2.28. The van der Waals surface area contributed by atoms with Crippen LogP contribution in [0.2, 0.25) is 0 Å². The molecule has 0 saturated heterocycles. The molecule has 1 heterocycles. The molecule has 1 atom stereocenters. The van der Waals surface area contributed by atoms with Crippen molar-refractivity contribution in [3.63, 3.8) is 0 Å². The number of benzene rings is 2. The second-order valence-corrected chi connectivity index (χ2v) is 8.91. The summed E-state index contributed by atoms with van der Waals surface area (Å²) < 4.78 is 7.00. The first-order valence-corrected chi connectivity index (χ1v) is 12.4. The maximum absolute atomic E-state index is 12.7. The lowest BCUT2D eigenvalue weighted by atomic mass is 10.1. The monoisotopic (exact) mass is 493 g/mol. The minimum absolute atomic E-state index is 0.116. The molecule has 0 spiro atoms. The molecule has 3 aromatic rings. The quantitative estimate of drug-likeness (QED) is 0.300. The van der Waals surface area contributed by atoms with Crippen LogP contribution in [0.25, 0.3) is 0 Å². The van der Waals surface area contributed by atoms with Gasteiger partial charge < -0.3 is 19.9 Å². The molecule has 0 unspecified atom stereocenters. The summed E-state index contributed by atoms with van der Waals surface area (Å²) >= 11 is 1.29. The summed E-state index contributed by atoms with van der Waals surface area (Å²) in [4.78, 5) is 25.4. The fourth-order valence-corrected chi connectivity index (χ4v) is 4.38. The van der Waals surface area contributed by atoms with E-state index >= 15 is 0 Å². The zero-order valence-corrected chi connectivity index (χ0v) is 21.3. The van der Waals surface area contributed by atoms with Gasteiger partial charge in [-0.15, -0.1) is 16.8 Å². The van der Waals surface area contributed by atoms with Crippen LogP contribution in [0.5, 0.6) is 5.75 Å². The van der Waals surface area contributed by atoms with Crippen LogP contribution >= 0.6 is 11.8 Å². The highest BCUT2D eigenvalue weighted by Gasteiger charge is 2.21. The van der Waals surface area contributed by atoms with Gasteiger partial charge in [0.25, 0.3) is 5.91 Å². The second kappa shape index (κ2) is 12.2. The average Bonchev–Trinajstić information content (AvgIpc) is 3.26. The number of aromatic nitrogens is 3. The summed E-state index contributed by atoms with van der Waals surface area (Å²) in [5, 5.41) is 15.1. The number of thioether (sulfide) groups is 1. The zero-order valence-electron chi connectivity index (χ0n) is 20.5. The van der Waals surface area contributed by atoms with E-state index in [1.54, 1.807) is 37.5 Å². The van der Waals surface area contributed by atoms with Crippen molar-refractivity contribution < 1.29 is 14.3 Å². The first kappa shape index (κ1) is 26.0. The summed E-state index contributed by atoms with van der Waals surface area (Å²) in [6, 6.07) is 12.5. The number of ether oxygens (including phenoxy) is 1. The molecule has 0 radical (unpaired) electrons. The minimum atomic E-state index is -0.403. The Bertz CT molecular complexity index is 1190. The minimum Gasteiger partial charge on any atom is -0.497 e. The predicted molar refractivity (Wildman–Crippen MR) is 139 cm³/mol. The molecule has 8 nitrogen and oxygen atoms in total. The molecule has 0 bridgehead atoms. The van der Waals surface area contributed by atoms with Crippen LogP contribution in [0.15, 0.2) is 60.3 Å². The van der Waals surface area contributed by atoms with Gasteiger partial charge >= 0.3 is 0 Å². The van der Waals surface area contributed by atoms with Gasteiger partial charge in [0, 0.05) is 17.8 Å². The lowest BCUT2D eigenvalue weighted by molar-refractivity contribution is -0.113. The standard InChI is InChI=1S/C26H31N5O3S/c1-6-15-31-24(18(4)27-25(33)20-11-13-21(34-5)14-12-20)29-30-26(31)35-16-22(32)28-23-17(3)9-8-10-19(23)7-2/h6,8-14,18H,1,7,15-16H2,2-5H3,(H,27,33)(H,28,32)/t18-/m0/s1. The topological polar surface area (TPSA) is 98.1 Å². The third kappa shape index (κ3) is 6.51. The third-order valence-corrected chi connectivity index (χ3v) is 6.45. The normalized spacial score (nSPS) is 11.5. The van der Waals surface area contributed by atoms with Crippen LogP contribution in [0.3, 0.4) is 0 Å². The van der Waals surface area contributed by atoms with E-state index in [-0.39, 0.29) is 17.6 Å². The SMILES string of the molecule is C=CCn1c(SCC(=O)Nc2c(C)cccc2CC)nnc1[C@H](C)NC(=O)c1ccc(OC)cc1. The number of hydrogen-bond donors (Lipinski definition) is 2. The van der Waals surface area contributed by atoms with E-state index in [1.165, 1.54) is 11.8 Å². The summed E-state index contributed by atoms with van der Waals surface area (Å²) in [7, 11) is 1.58. The van der Waals surface area contributed by atoms with Crippen molar-refractivity contribution in [3.05, 3.63) is 77.6 Å². The molecule has 0 fully saturated rings. The molecule has 0 aliphatic carbocycles. The number of hydrogen-bond acceptors (Lipinski definition) is 6. The Morgan fingerprint density at radius 3 is 2.60 bits per heavy atom. The van der Waals surface area contributed by atoms with Crippen molar-refractivity contribution in [2.24, 2.45) is 0 Å². The number of carbonyl (C=O) groups is 2. The van der Waals surface area contributed by atoms with Crippen molar-refractivity contribution in [3.8, 4) is 5.75 Å². The van der Waals surface area contributed by atoms with E-state index in [2.05, 4.69) is 34.3 Å². The van der Waals surface area contributed by atoms with E-state index in [1.807, 2.05) is 36.6 Å². The number of aryl methyl sites for hydroxylation is 2. The summed E-state index contributed by atoms with van der Waals surface area (Å²) in [6.07, 6.45) is 2.57. The molecule has 0 saturated carbocycles. The Kier molecular flexibility index (Phi) is 9.08. The van der Waals surface area contributed by atoms with Gasteiger partial charge in [0.05, 0.1) is 18.9 Å². The predicted octanol–water partition coefficient (Wildman–Crippen LogP) is 4.57. The number of amides is 2. The summed E-state index contributed by atoms with van der Waals surface area (Å²) in [5.41, 5.74) is 3.51. The molecule has 0 aliphatic heterocycles. The van der Waals surface area contributed by atoms with E-state index < -0.39 is 6.04 Å². The van der Waals surface area contributed by atoms with Crippen molar-refractivity contribution in [1.82, 2.24) is 20.1 Å². The Hall–Kier alpha value is -3.59. The Morgan fingerprint density at radius 2 is 1.94 bits per heavy atom. The number of para-hydroxylation sites is 1. The maximum Gasteiger partial charge on any atom is 0.251 e. The van der Waals surface area contributed by atoms with E-state index in [0.717, 1.165) is 23.2 Å². The lowest BCUT2D eigenvalue weighted by Gasteiger charge is -2.16. The number of nitrogens with zero attached hydrogens (tertiary/aromatic N) is 3. The first-order valence-electron chi connectivity index (χ1n) is 11.4. The van der Waals surface area contributed by atoms with E-state index in [9.17, 15) is 9.59 Å². The molecule has 3 rings (SSSR count). The smallest absolute Gasteiger partial charge is 0.251 e. The van der Waals surface area contributed by atoms with Crippen LogP contribution in [0, 0.1) is 6.92 Å². The van der Waals surface area contributed by atoms with Crippen molar-refractivity contribution in [2.75, 3.05) is 18.2 Å². The number of allylic oxidation sites excluding steroid dienone is 1. The van der Waals surface area contributed by atoms with Crippen molar-refractivity contribution >= 4 is 29.3 Å². The van der Waals surface area contributed by atoms with Crippen molar-refractivity contribution in [2.45, 2.75) is 44.9 Å². The second-order valence-electron chi connectivity index (χ2n) is 7.96. The molecule has 1 aromatic heterocycles. The Balaban J connectivity index is 1.68. The van der Waals surface area contributed by atoms with E-state index in [4.69, 9.17) is 4.74 Å². The van der Waals surface area contributed by atoms with Crippen LogP contribution in [0.1, 0.15) is 47.2 Å². The number of nitrogens with one attached hydrogen (secondary N) is 2. The fraction of sp³-hybridized carbons (Fsp3) is 0.308. The first-order chi connectivity index (χ1) is 16.9. The number of carbonyl (C=O) groups excluding carboxylic acids is 2. The van der Waals surface area contributed by atoms with Crippen LogP contribution < -0.4 is 15.4 Å². The van der Waals surface area contributed by atoms with Crippen LogP contribution in [-0.2, 0) is 17.8 Å². The maximum atomic E-state index is 12.7. The molecule has 2 amide bonds. The summed E-state index contributed by atoms with van der Waals surface area (Å²) in [5.74, 6) is 1.10. The van der Waals surface area contributed by atoms with Gasteiger partial charge in [-0.2, -0.15) is 0 Å². The Morgan fingerprint density at radius 1 is 1.20 bits per heavy atom. The molecule has 184 valence electrons. The summed E-state index contributed by atoms with van der Waals surface area (Å²) in [6.45, 7) is 10.2. The van der Waals surface area contributed by atoms with Crippen molar-refractivity contribution in [1.29, 1.82) is 0 Å². The van der Waals surface area contributed by atoms with Gasteiger partial charge in [-0.1, -0.05) is 43.0 Å². The third-order valence-electron chi connectivity index (χ3n) is 5.48. The molecule has 2 N–H and O–H groups in total. The number of methoxy groups -OCH3 is 1. The molecular formula is C26H31N5O3S. The average molecular weight is 494 g/mol. The fourth-order valence-electron chi connectivity index (χ4n) is 3.62. The van der Waals surface area contributed by atoms with Gasteiger partial charge in [0.2, 0.25) is 5.91 Å². The van der Waals surface area contributed by atoms with Gasteiger partial charge in [0.1, 0.15) is 5.75 Å². The zero-order chi connectivity index (χ0) is 25.4. The highest BCUT2D eigenvalue weighted by molar-refractivity contribution is 7.99. The van der Waals surface area contributed by atoms with E-state index in [0.29, 0.717) is 28.8 Å². The van der Waals surface area contributed by atoms with Gasteiger partial charge in [-0.05, 0) is 55.7 Å². The highest BCUT2D eigenvalue weighted by Crippen LogP contribution is 2.24. The number of anilines is 1. The van der Waals surface area contributed by atoms with Gasteiger partial charge in [-0.25, -0.2) is 0 Å². The largest absolute Gasteiger partial charge is 0.497 e. The van der Waals surface area contributed by atoms with Gasteiger partial charge in [-0.3, -0.25) is 9.59 Å². The van der Waals surface area contributed by atoms with Crippen LogP contribution in [-0.4, -0.2) is 39.4 Å². The Labute approximate surface area is 210 Å².